The maximum atomic E-state index is 13.9. The topological polar surface area (TPSA) is 86.7 Å². The zero-order valence-electron chi connectivity index (χ0n) is 24.2. The summed E-state index contributed by atoms with van der Waals surface area (Å²) >= 11 is 0. The van der Waals surface area contributed by atoms with Crippen molar-refractivity contribution in [3.63, 3.8) is 0 Å². The second kappa shape index (κ2) is 9.13. The van der Waals surface area contributed by atoms with E-state index in [1.165, 1.54) is 7.11 Å². The summed E-state index contributed by atoms with van der Waals surface area (Å²) in [5.41, 5.74) is 1.89. The van der Waals surface area contributed by atoms with E-state index in [0.717, 1.165) is 28.9 Å². The second-order valence-corrected chi connectivity index (χ2v) is 12.8. The van der Waals surface area contributed by atoms with Crippen LogP contribution in [0.5, 0.6) is 0 Å². The van der Waals surface area contributed by atoms with Crippen LogP contribution in [0.25, 0.3) is 0 Å². The van der Waals surface area contributed by atoms with Gasteiger partial charge in [-0.25, -0.2) is 4.79 Å². The van der Waals surface area contributed by atoms with Crippen LogP contribution in [0.2, 0.25) is 0 Å². The molecule has 0 radical (unpaired) electrons. The Morgan fingerprint density at radius 3 is 2.56 bits per heavy atom. The Balaban J connectivity index is 1.32. The molecule has 41 heavy (non-hydrogen) atoms. The molecule has 7 rings (SSSR count). The Bertz CT molecular complexity index is 1420. The first-order chi connectivity index (χ1) is 19.7. The third kappa shape index (κ3) is 3.76. The predicted molar refractivity (Wildman–Crippen MR) is 152 cm³/mol. The van der Waals surface area contributed by atoms with E-state index in [1.807, 2.05) is 67.3 Å². The molecular weight excluding hydrogens is 520 g/mol. The van der Waals surface area contributed by atoms with Crippen LogP contribution in [0.3, 0.4) is 0 Å². The van der Waals surface area contributed by atoms with Gasteiger partial charge in [0.25, 0.3) is 0 Å². The van der Waals surface area contributed by atoms with Crippen molar-refractivity contribution in [2.45, 2.75) is 75.9 Å². The minimum atomic E-state index is -0.789. The van der Waals surface area contributed by atoms with Crippen LogP contribution < -0.4 is 0 Å². The molecular formula is C33H38N2O6. The summed E-state index contributed by atoms with van der Waals surface area (Å²) in [6.07, 6.45) is 2.44. The van der Waals surface area contributed by atoms with Crippen LogP contribution in [0, 0.1) is 17.3 Å². The molecule has 2 aliphatic carbocycles. The number of likely N-dealkylation sites (tertiary alicyclic amines) is 1. The number of hydrogen-bond donors (Lipinski definition) is 0. The molecule has 2 saturated heterocycles. The highest BCUT2D eigenvalue weighted by Crippen LogP contribution is 2.73. The Morgan fingerprint density at radius 1 is 1.10 bits per heavy atom. The molecule has 8 heteroatoms. The molecule has 3 aliphatic heterocycles. The van der Waals surface area contributed by atoms with Gasteiger partial charge in [0.1, 0.15) is 12.0 Å². The predicted octanol–water partition coefficient (Wildman–Crippen LogP) is 5.55. The zero-order valence-corrected chi connectivity index (χ0v) is 24.2. The van der Waals surface area contributed by atoms with Crippen molar-refractivity contribution in [2.24, 2.45) is 22.2 Å². The summed E-state index contributed by atoms with van der Waals surface area (Å²) in [5.74, 6) is -0.971. The van der Waals surface area contributed by atoms with E-state index in [-0.39, 0.29) is 36.5 Å². The van der Waals surface area contributed by atoms with Crippen molar-refractivity contribution >= 4 is 23.5 Å². The van der Waals surface area contributed by atoms with Crippen molar-refractivity contribution < 1.29 is 28.5 Å². The van der Waals surface area contributed by atoms with E-state index >= 15 is 0 Å². The number of amides is 1. The minimum absolute atomic E-state index is 0.0144. The third-order valence-electron chi connectivity index (χ3n) is 10.4. The molecule has 0 N–H and O–H groups in total. The first-order valence-corrected chi connectivity index (χ1v) is 14.8. The summed E-state index contributed by atoms with van der Waals surface area (Å²) in [7, 11) is 1.47. The molecule has 0 bridgehead atoms. The van der Waals surface area contributed by atoms with E-state index in [1.54, 1.807) is 0 Å². The first kappa shape index (κ1) is 26.7. The molecule has 2 aromatic carbocycles. The fraction of sp³-hybridized carbons (Fsp3) is 0.545. The maximum Gasteiger partial charge on any atom is 0.410 e. The van der Waals surface area contributed by atoms with Gasteiger partial charge in [-0.3, -0.25) is 9.79 Å². The van der Waals surface area contributed by atoms with Gasteiger partial charge < -0.3 is 23.8 Å². The molecule has 6 atom stereocenters. The van der Waals surface area contributed by atoms with Gasteiger partial charge in [0.2, 0.25) is 0 Å². The van der Waals surface area contributed by atoms with Crippen LogP contribution >= 0.6 is 0 Å². The van der Waals surface area contributed by atoms with E-state index in [0.29, 0.717) is 32.4 Å². The van der Waals surface area contributed by atoms with Crippen LogP contribution in [0.1, 0.15) is 57.6 Å². The van der Waals surface area contributed by atoms with Crippen molar-refractivity contribution in [1.82, 2.24) is 4.90 Å². The van der Waals surface area contributed by atoms with Gasteiger partial charge in [-0.2, -0.15) is 0 Å². The van der Waals surface area contributed by atoms with Crippen molar-refractivity contribution in [2.75, 3.05) is 20.3 Å². The van der Waals surface area contributed by atoms with E-state index in [9.17, 15) is 9.59 Å². The van der Waals surface area contributed by atoms with E-state index < -0.39 is 22.2 Å². The summed E-state index contributed by atoms with van der Waals surface area (Å²) in [6.45, 7) is 7.22. The number of fused-ring (bicyclic) bond motifs is 3. The lowest BCUT2D eigenvalue weighted by molar-refractivity contribution is -0.168. The Labute approximate surface area is 241 Å². The number of benzene rings is 2. The van der Waals surface area contributed by atoms with Gasteiger partial charge in [-0.05, 0) is 68.6 Å². The van der Waals surface area contributed by atoms with Gasteiger partial charge in [0.05, 0.1) is 36.5 Å². The number of esters is 1. The average Bonchev–Trinajstić information content (AvgIpc) is 3.30. The fourth-order valence-electron chi connectivity index (χ4n) is 8.60. The van der Waals surface area contributed by atoms with Crippen LogP contribution in [0.4, 0.5) is 10.5 Å². The number of carbonyl (C=O) groups is 2. The smallest absolute Gasteiger partial charge is 0.410 e. The van der Waals surface area contributed by atoms with Crippen molar-refractivity contribution in [1.29, 1.82) is 0 Å². The lowest BCUT2D eigenvalue weighted by Gasteiger charge is -2.49. The quantitative estimate of drug-likeness (QED) is 0.432. The normalized spacial score (nSPS) is 35.6. The standard InChI is InChI=1S/C33H38N2O6/c1-5-31(20-40-30(2,3)41-31)17-22-24-18-33(24,28(36)38-4)27-32(23-13-9-10-14-25(23)34-27)15-16-35(26(22)32)29(37)39-19-21-11-7-6-8-12-21/h6-14,22,24,26H,5,15-20H2,1-4H3/t22-,24-,26+,31-,32-,33+/m0/s1. The largest absolute Gasteiger partial charge is 0.468 e. The summed E-state index contributed by atoms with van der Waals surface area (Å²) in [4.78, 5) is 34.7. The highest BCUT2D eigenvalue weighted by molar-refractivity contribution is 6.19. The number of aliphatic imine (C=N–C) groups is 1. The molecule has 1 amide bonds. The maximum absolute atomic E-state index is 13.9. The molecule has 2 aromatic rings. The van der Waals surface area contributed by atoms with Crippen molar-refractivity contribution in [3.8, 4) is 0 Å². The zero-order chi connectivity index (χ0) is 28.6. The summed E-state index contributed by atoms with van der Waals surface area (Å²) in [5, 5.41) is 0. The molecule has 0 aromatic heterocycles. The second-order valence-electron chi connectivity index (χ2n) is 12.8. The molecule has 4 fully saturated rings. The molecule has 1 spiro atoms. The monoisotopic (exact) mass is 558 g/mol. The first-order valence-electron chi connectivity index (χ1n) is 14.8. The fourth-order valence-corrected chi connectivity index (χ4v) is 8.60. The Morgan fingerprint density at radius 2 is 1.85 bits per heavy atom. The number of methoxy groups -OCH3 is 1. The number of ether oxygens (including phenoxy) is 4. The van der Waals surface area contributed by atoms with Gasteiger partial charge in [-0.1, -0.05) is 55.5 Å². The summed E-state index contributed by atoms with van der Waals surface area (Å²) < 4.78 is 24.1. The summed E-state index contributed by atoms with van der Waals surface area (Å²) in [6, 6.07) is 17.7. The third-order valence-corrected chi connectivity index (χ3v) is 10.4. The highest BCUT2D eigenvalue weighted by Gasteiger charge is 2.80. The SMILES string of the molecule is CC[C@]1(C[C@H]2[C@@H]3C[C@]3(C(=O)OC)C3=Nc4ccccc4[C@]34CCN(C(=O)OCc3ccccc3)[C@H]24)COC(C)(C)O1. The molecule has 8 nitrogen and oxygen atoms in total. The Kier molecular flexibility index (Phi) is 5.94. The molecule has 3 heterocycles. The Hall–Kier alpha value is -3.23. The van der Waals surface area contributed by atoms with Crippen LogP contribution in [-0.2, 0) is 35.8 Å². The number of nitrogens with zero attached hydrogens (tertiary/aromatic N) is 2. The van der Waals surface area contributed by atoms with E-state index in [4.69, 9.17) is 23.9 Å². The molecule has 5 aliphatic rings. The van der Waals surface area contributed by atoms with Gasteiger partial charge in [0, 0.05) is 12.3 Å². The average molecular weight is 559 g/mol. The molecule has 216 valence electrons. The molecule has 0 unspecified atom stereocenters. The minimum Gasteiger partial charge on any atom is -0.468 e. The lowest BCUT2D eigenvalue weighted by atomic mass is 9.57. The van der Waals surface area contributed by atoms with Crippen LogP contribution in [-0.4, -0.2) is 60.4 Å². The van der Waals surface area contributed by atoms with Crippen molar-refractivity contribution in [3.05, 3.63) is 65.7 Å². The number of carbonyl (C=O) groups excluding carboxylic acids is 2. The van der Waals surface area contributed by atoms with Gasteiger partial charge >= 0.3 is 12.1 Å². The number of rotatable bonds is 6. The van der Waals surface area contributed by atoms with Gasteiger partial charge in [-0.15, -0.1) is 0 Å². The van der Waals surface area contributed by atoms with E-state index in [2.05, 4.69) is 13.0 Å². The van der Waals surface area contributed by atoms with Crippen LogP contribution in [0.15, 0.2) is 59.6 Å². The lowest BCUT2D eigenvalue weighted by Crippen LogP contribution is -2.61. The highest BCUT2D eigenvalue weighted by atomic mass is 16.8. The molecule has 2 saturated carbocycles. The number of para-hydroxylation sites is 1. The number of hydrogen-bond acceptors (Lipinski definition) is 7. The van der Waals surface area contributed by atoms with Gasteiger partial charge in [0.15, 0.2) is 5.79 Å².